The van der Waals surface area contributed by atoms with Gasteiger partial charge in [-0.05, 0) is 42.0 Å². The van der Waals surface area contributed by atoms with Gasteiger partial charge in [0, 0.05) is 41.6 Å². The topological polar surface area (TPSA) is 57.1 Å². The van der Waals surface area contributed by atoms with Gasteiger partial charge < -0.3 is 20.9 Å². The van der Waals surface area contributed by atoms with Crippen LogP contribution in [0.15, 0.2) is 60.9 Å². The first kappa shape index (κ1) is 16.7. The summed E-state index contributed by atoms with van der Waals surface area (Å²) in [5.41, 5.74) is 11.7. The number of hydrogen-bond acceptors (Lipinski definition) is 3. The lowest BCUT2D eigenvalue weighted by Gasteiger charge is -2.28. The Kier molecular flexibility index (Phi) is 4.41. The molecule has 0 radical (unpaired) electrons. The highest BCUT2D eigenvalue weighted by molar-refractivity contribution is 6.31. The predicted octanol–water partition coefficient (Wildman–Crippen LogP) is 4.70. The normalized spacial score (nSPS) is 13.3. The summed E-state index contributed by atoms with van der Waals surface area (Å²) in [6.45, 7) is 1.26. The highest BCUT2D eigenvalue weighted by Crippen LogP contribution is 2.31. The van der Waals surface area contributed by atoms with E-state index < -0.39 is 5.82 Å². The molecule has 4 nitrogen and oxygen atoms in total. The van der Waals surface area contributed by atoms with Gasteiger partial charge in [-0.2, -0.15) is 0 Å². The summed E-state index contributed by atoms with van der Waals surface area (Å²) in [6, 6.07) is 14.8. The summed E-state index contributed by atoms with van der Waals surface area (Å²) in [5.74, 6) is -0.432. The zero-order valence-corrected chi connectivity index (χ0v) is 14.7. The highest BCUT2D eigenvalue weighted by Gasteiger charge is 2.19. The summed E-state index contributed by atoms with van der Waals surface area (Å²) in [4.78, 5) is 5.43. The van der Waals surface area contributed by atoms with E-state index in [1.807, 2.05) is 30.6 Å². The van der Waals surface area contributed by atoms with E-state index in [1.54, 1.807) is 12.1 Å². The first-order valence-corrected chi connectivity index (χ1v) is 8.68. The maximum atomic E-state index is 13.4. The van der Waals surface area contributed by atoms with Crippen molar-refractivity contribution in [1.29, 1.82) is 0 Å². The fourth-order valence-corrected chi connectivity index (χ4v) is 3.23. The van der Waals surface area contributed by atoms with Gasteiger partial charge in [0.2, 0.25) is 0 Å². The molecule has 0 saturated heterocycles. The van der Waals surface area contributed by atoms with Crippen molar-refractivity contribution in [3.63, 3.8) is 0 Å². The molecule has 0 spiro atoms. The van der Waals surface area contributed by atoms with E-state index in [0.717, 1.165) is 40.4 Å². The Morgan fingerprint density at radius 3 is 2.69 bits per heavy atom. The molecule has 2 heterocycles. The molecule has 6 heteroatoms. The number of nitrogens with one attached hydrogen (secondary N) is 2. The minimum atomic E-state index is -0.432. The molecular formula is C20H18ClFN4. The standard InChI is InChI=1S/C20H18ClFN4/c21-17-9-14(3-6-18(17)22)25-20-12-26(11-19-16(20)7-8-24-19)15-4-1-13(10-23)2-5-15/h1-9,12,24-25H,10-11,23H2. The molecule has 3 aromatic rings. The van der Waals surface area contributed by atoms with Crippen molar-refractivity contribution in [3.8, 4) is 0 Å². The molecular weight excluding hydrogens is 351 g/mol. The molecule has 0 saturated carbocycles. The van der Waals surface area contributed by atoms with Crippen molar-refractivity contribution < 1.29 is 4.39 Å². The second kappa shape index (κ2) is 6.86. The Morgan fingerprint density at radius 1 is 1.15 bits per heavy atom. The number of H-pyrrole nitrogens is 1. The molecule has 0 amide bonds. The van der Waals surface area contributed by atoms with Crippen molar-refractivity contribution in [2.45, 2.75) is 13.1 Å². The summed E-state index contributed by atoms with van der Waals surface area (Å²) in [7, 11) is 0. The van der Waals surface area contributed by atoms with Gasteiger partial charge >= 0.3 is 0 Å². The Morgan fingerprint density at radius 2 is 1.96 bits per heavy atom. The molecule has 1 aromatic heterocycles. The third-order valence-electron chi connectivity index (χ3n) is 4.44. The SMILES string of the molecule is NCc1ccc(N2C=C(Nc3ccc(F)c(Cl)c3)c3cc[nH]c3C2)cc1. The van der Waals surface area contributed by atoms with Crippen LogP contribution in [-0.4, -0.2) is 4.98 Å². The third-order valence-corrected chi connectivity index (χ3v) is 4.73. The zero-order chi connectivity index (χ0) is 18.1. The number of rotatable bonds is 4. The molecule has 1 aliphatic heterocycles. The van der Waals surface area contributed by atoms with E-state index in [2.05, 4.69) is 27.3 Å². The Bertz CT molecular complexity index is 962. The number of aromatic nitrogens is 1. The summed E-state index contributed by atoms with van der Waals surface area (Å²) >= 11 is 5.90. The third kappa shape index (κ3) is 3.19. The molecule has 0 fully saturated rings. The molecule has 0 bridgehead atoms. The van der Waals surface area contributed by atoms with Gasteiger partial charge in [-0.3, -0.25) is 0 Å². The molecule has 0 atom stereocenters. The number of benzene rings is 2. The van der Waals surface area contributed by atoms with Crippen molar-refractivity contribution >= 4 is 28.7 Å². The fourth-order valence-electron chi connectivity index (χ4n) is 3.05. The van der Waals surface area contributed by atoms with Crippen molar-refractivity contribution in [2.75, 3.05) is 10.2 Å². The van der Waals surface area contributed by atoms with Crippen LogP contribution < -0.4 is 16.0 Å². The van der Waals surface area contributed by atoms with E-state index in [1.165, 1.54) is 6.07 Å². The van der Waals surface area contributed by atoms with Gasteiger partial charge in [0.05, 0.1) is 17.3 Å². The van der Waals surface area contributed by atoms with E-state index in [9.17, 15) is 4.39 Å². The van der Waals surface area contributed by atoms with E-state index >= 15 is 0 Å². The van der Waals surface area contributed by atoms with Crippen LogP contribution in [0.3, 0.4) is 0 Å². The molecule has 0 unspecified atom stereocenters. The van der Waals surface area contributed by atoms with Crippen LogP contribution in [0.4, 0.5) is 15.8 Å². The molecule has 4 N–H and O–H groups in total. The van der Waals surface area contributed by atoms with Crippen LogP contribution in [0.2, 0.25) is 5.02 Å². The summed E-state index contributed by atoms with van der Waals surface area (Å²) in [5, 5.41) is 3.43. The van der Waals surface area contributed by atoms with E-state index in [-0.39, 0.29) is 5.02 Å². The van der Waals surface area contributed by atoms with Gasteiger partial charge in [-0.25, -0.2) is 4.39 Å². The van der Waals surface area contributed by atoms with E-state index in [0.29, 0.717) is 6.54 Å². The van der Waals surface area contributed by atoms with E-state index in [4.69, 9.17) is 17.3 Å². The summed E-state index contributed by atoms with van der Waals surface area (Å²) < 4.78 is 13.4. The lowest BCUT2D eigenvalue weighted by molar-refractivity contribution is 0.628. The van der Waals surface area contributed by atoms with Crippen LogP contribution in [0.1, 0.15) is 16.8 Å². The maximum Gasteiger partial charge on any atom is 0.141 e. The van der Waals surface area contributed by atoms with Gasteiger partial charge in [0.1, 0.15) is 5.82 Å². The molecule has 1 aliphatic rings. The first-order chi connectivity index (χ1) is 12.6. The van der Waals surface area contributed by atoms with Gasteiger partial charge in [-0.15, -0.1) is 0 Å². The number of hydrogen-bond donors (Lipinski definition) is 3. The summed E-state index contributed by atoms with van der Waals surface area (Å²) in [6.07, 6.45) is 3.96. The number of nitrogens with zero attached hydrogens (tertiary/aromatic N) is 1. The van der Waals surface area contributed by atoms with Crippen LogP contribution in [0.5, 0.6) is 0 Å². The predicted molar refractivity (Wildman–Crippen MR) is 104 cm³/mol. The largest absolute Gasteiger partial charge is 0.363 e. The van der Waals surface area contributed by atoms with Gasteiger partial charge in [0.25, 0.3) is 0 Å². The monoisotopic (exact) mass is 368 g/mol. The zero-order valence-electron chi connectivity index (χ0n) is 14.0. The van der Waals surface area contributed by atoms with Crippen molar-refractivity contribution in [2.24, 2.45) is 5.73 Å². The molecule has 2 aromatic carbocycles. The van der Waals surface area contributed by atoms with Crippen LogP contribution in [-0.2, 0) is 13.1 Å². The molecule has 26 heavy (non-hydrogen) atoms. The van der Waals surface area contributed by atoms with Crippen LogP contribution >= 0.6 is 11.6 Å². The smallest absolute Gasteiger partial charge is 0.141 e. The minimum absolute atomic E-state index is 0.0925. The number of fused-ring (bicyclic) bond motifs is 1. The van der Waals surface area contributed by atoms with Crippen LogP contribution in [0.25, 0.3) is 5.70 Å². The molecule has 0 aliphatic carbocycles. The lowest BCUT2D eigenvalue weighted by Crippen LogP contribution is -2.23. The maximum absolute atomic E-state index is 13.4. The number of halogens is 2. The number of aromatic amines is 1. The molecule has 132 valence electrons. The average molecular weight is 369 g/mol. The van der Waals surface area contributed by atoms with Crippen molar-refractivity contribution in [3.05, 3.63) is 88.6 Å². The Labute approximate surface area is 156 Å². The first-order valence-electron chi connectivity index (χ1n) is 8.30. The van der Waals surface area contributed by atoms with Crippen LogP contribution in [0, 0.1) is 5.82 Å². The van der Waals surface area contributed by atoms with Gasteiger partial charge in [-0.1, -0.05) is 23.7 Å². The Hall–Kier alpha value is -2.76. The number of nitrogens with two attached hydrogens (primary N) is 1. The molecule has 4 rings (SSSR count). The minimum Gasteiger partial charge on any atom is -0.363 e. The number of anilines is 2. The fraction of sp³-hybridized carbons (Fsp3) is 0.100. The Balaban J connectivity index is 1.67. The second-order valence-corrected chi connectivity index (χ2v) is 6.57. The second-order valence-electron chi connectivity index (χ2n) is 6.17. The quantitative estimate of drug-likeness (QED) is 0.625. The highest BCUT2D eigenvalue weighted by atomic mass is 35.5. The lowest BCUT2D eigenvalue weighted by atomic mass is 10.1. The van der Waals surface area contributed by atoms with Crippen molar-refractivity contribution in [1.82, 2.24) is 4.98 Å². The average Bonchev–Trinajstić information content (AvgIpc) is 3.14. The van der Waals surface area contributed by atoms with Gasteiger partial charge in [0.15, 0.2) is 0 Å².